The molecule has 2 aliphatic rings. The first-order valence-electron chi connectivity index (χ1n) is 9.10. The van der Waals surface area contributed by atoms with Crippen LogP contribution in [0.5, 0.6) is 0 Å². The van der Waals surface area contributed by atoms with Crippen molar-refractivity contribution in [2.45, 2.75) is 51.0 Å². The van der Waals surface area contributed by atoms with E-state index >= 15 is 0 Å². The Morgan fingerprint density at radius 3 is 2.46 bits per heavy atom. The summed E-state index contributed by atoms with van der Waals surface area (Å²) in [6.45, 7) is 2.48. The van der Waals surface area contributed by atoms with Crippen LogP contribution in [0.4, 0.5) is 13.2 Å². The predicted molar refractivity (Wildman–Crippen MR) is 97.6 cm³/mol. The van der Waals surface area contributed by atoms with E-state index in [0.717, 1.165) is 31.4 Å². The highest BCUT2D eigenvalue weighted by Crippen LogP contribution is 2.40. The van der Waals surface area contributed by atoms with Gasteiger partial charge in [-0.25, -0.2) is 0 Å². The molecule has 2 atom stereocenters. The third-order valence-corrected chi connectivity index (χ3v) is 5.65. The summed E-state index contributed by atoms with van der Waals surface area (Å²) >= 11 is 0. The van der Waals surface area contributed by atoms with Crippen LogP contribution in [0.2, 0.25) is 0 Å². The Morgan fingerprint density at radius 2 is 1.81 bits per heavy atom. The summed E-state index contributed by atoms with van der Waals surface area (Å²) in [5.74, 6) is 0. The summed E-state index contributed by atoms with van der Waals surface area (Å²) in [6, 6.07) is 15.9. The fourth-order valence-electron chi connectivity index (χ4n) is 4.35. The van der Waals surface area contributed by atoms with Gasteiger partial charge in [-0.1, -0.05) is 48.5 Å². The smallest absolute Gasteiger partial charge is 0.289 e. The molecule has 0 aliphatic carbocycles. The maximum absolute atomic E-state index is 13.0. The molecule has 2 heterocycles. The Morgan fingerprint density at radius 1 is 1.04 bits per heavy atom. The summed E-state index contributed by atoms with van der Waals surface area (Å²) in [7, 11) is 0. The highest BCUT2D eigenvalue weighted by Gasteiger charge is 2.37. The van der Waals surface area contributed by atoms with Crippen molar-refractivity contribution in [3.05, 3.63) is 76.9 Å². The highest BCUT2D eigenvalue weighted by atomic mass is 19.4. The van der Waals surface area contributed by atoms with Crippen molar-refractivity contribution in [2.24, 2.45) is 0 Å². The fraction of sp³-hybridized carbons (Fsp3) is 0.364. The minimum Gasteiger partial charge on any atom is -0.289 e. The van der Waals surface area contributed by atoms with Crippen molar-refractivity contribution < 1.29 is 13.2 Å². The number of hydrogen-bond acceptors (Lipinski definition) is 1. The molecule has 0 spiro atoms. The average molecular weight is 357 g/mol. The van der Waals surface area contributed by atoms with Gasteiger partial charge in [0.2, 0.25) is 0 Å². The van der Waals surface area contributed by atoms with Crippen molar-refractivity contribution in [1.82, 2.24) is 4.90 Å². The van der Waals surface area contributed by atoms with E-state index in [-0.39, 0.29) is 0 Å². The zero-order chi connectivity index (χ0) is 18.3. The summed E-state index contributed by atoms with van der Waals surface area (Å²) in [5.41, 5.74) is 3.21. The molecule has 0 amide bonds. The number of nitrogens with zero attached hydrogens (tertiary/aromatic N) is 1. The lowest BCUT2D eigenvalue weighted by Crippen LogP contribution is -2.37. The topological polar surface area (TPSA) is 3.24 Å². The van der Waals surface area contributed by atoms with Gasteiger partial charge in [0, 0.05) is 18.6 Å². The van der Waals surface area contributed by atoms with Crippen molar-refractivity contribution in [2.75, 3.05) is 0 Å². The van der Waals surface area contributed by atoms with Crippen LogP contribution in [-0.4, -0.2) is 17.0 Å². The lowest BCUT2D eigenvalue weighted by molar-refractivity contribution is -0.138. The van der Waals surface area contributed by atoms with Crippen molar-refractivity contribution >= 4 is 5.57 Å². The average Bonchev–Trinajstić information content (AvgIpc) is 2.83. The van der Waals surface area contributed by atoms with Crippen LogP contribution in [0, 0.1) is 6.92 Å². The van der Waals surface area contributed by atoms with E-state index in [1.54, 1.807) is 19.1 Å². The first kappa shape index (κ1) is 17.3. The molecule has 136 valence electrons. The Balaban J connectivity index is 1.57. The second-order valence-corrected chi connectivity index (χ2v) is 7.38. The molecule has 26 heavy (non-hydrogen) atoms. The van der Waals surface area contributed by atoms with E-state index in [0.29, 0.717) is 17.6 Å². The van der Waals surface area contributed by atoms with Crippen molar-refractivity contribution in [1.29, 1.82) is 0 Å². The lowest BCUT2D eigenvalue weighted by Gasteiger charge is -2.34. The number of benzene rings is 2. The molecule has 1 nitrogen and oxygen atoms in total. The van der Waals surface area contributed by atoms with Gasteiger partial charge < -0.3 is 0 Å². The Hall–Kier alpha value is -2.07. The molecule has 2 unspecified atom stereocenters. The number of hydrogen-bond donors (Lipinski definition) is 0. The van der Waals surface area contributed by atoms with Crippen LogP contribution < -0.4 is 0 Å². The van der Waals surface area contributed by atoms with Gasteiger partial charge in [-0.3, -0.25) is 4.90 Å². The summed E-state index contributed by atoms with van der Waals surface area (Å²) < 4.78 is 39.0. The highest BCUT2D eigenvalue weighted by molar-refractivity contribution is 5.69. The van der Waals surface area contributed by atoms with E-state index < -0.39 is 11.7 Å². The van der Waals surface area contributed by atoms with E-state index in [4.69, 9.17) is 0 Å². The largest absolute Gasteiger partial charge is 0.416 e. The fourth-order valence-corrected chi connectivity index (χ4v) is 4.35. The first-order chi connectivity index (χ1) is 12.4. The van der Waals surface area contributed by atoms with E-state index in [2.05, 4.69) is 35.2 Å². The molecule has 2 bridgehead atoms. The normalized spacial score (nSPS) is 23.2. The van der Waals surface area contributed by atoms with E-state index in [9.17, 15) is 13.2 Å². The molecular weight excluding hydrogens is 335 g/mol. The monoisotopic (exact) mass is 357 g/mol. The zero-order valence-electron chi connectivity index (χ0n) is 14.8. The number of alkyl halides is 3. The predicted octanol–water partition coefficient (Wildman–Crippen LogP) is 5.83. The maximum Gasteiger partial charge on any atom is 0.416 e. The summed E-state index contributed by atoms with van der Waals surface area (Å²) in [6.07, 6.45) is 1.18. The second-order valence-electron chi connectivity index (χ2n) is 7.38. The number of fused-ring (bicyclic) bond motifs is 2. The molecule has 1 saturated heterocycles. The molecule has 0 radical (unpaired) electrons. The van der Waals surface area contributed by atoms with Gasteiger partial charge in [-0.2, -0.15) is 13.2 Å². The molecule has 1 fully saturated rings. The van der Waals surface area contributed by atoms with Gasteiger partial charge in [0.05, 0.1) is 5.56 Å². The zero-order valence-corrected chi connectivity index (χ0v) is 14.8. The van der Waals surface area contributed by atoms with Crippen LogP contribution in [0.25, 0.3) is 5.57 Å². The second kappa shape index (κ2) is 6.58. The van der Waals surface area contributed by atoms with Crippen LogP contribution in [-0.2, 0) is 12.7 Å². The molecule has 2 aromatic rings. The van der Waals surface area contributed by atoms with Crippen LogP contribution in [0.15, 0.2) is 54.6 Å². The lowest BCUT2D eigenvalue weighted by atomic mass is 9.92. The molecule has 4 heteroatoms. The van der Waals surface area contributed by atoms with E-state index in [1.165, 1.54) is 17.2 Å². The third-order valence-electron chi connectivity index (χ3n) is 5.65. The Bertz CT molecular complexity index is 823. The van der Waals surface area contributed by atoms with Crippen molar-refractivity contribution in [3.8, 4) is 0 Å². The van der Waals surface area contributed by atoms with Crippen molar-refractivity contribution in [3.63, 3.8) is 0 Å². The van der Waals surface area contributed by atoms with Crippen LogP contribution >= 0.6 is 0 Å². The molecule has 2 aliphatic heterocycles. The van der Waals surface area contributed by atoms with Gasteiger partial charge in [0.1, 0.15) is 0 Å². The van der Waals surface area contributed by atoms with Gasteiger partial charge in [0.15, 0.2) is 0 Å². The maximum atomic E-state index is 13.0. The number of aryl methyl sites for hydroxylation is 1. The summed E-state index contributed by atoms with van der Waals surface area (Å²) in [5, 5.41) is 0. The van der Waals surface area contributed by atoms with Gasteiger partial charge >= 0.3 is 6.18 Å². The summed E-state index contributed by atoms with van der Waals surface area (Å²) in [4.78, 5) is 2.54. The molecule has 0 saturated carbocycles. The van der Waals surface area contributed by atoms with Gasteiger partial charge in [0.25, 0.3) is 0 Å². The standard InChI is InChI=1S/C22H22F3N/c1-15-11-17(7-10-21(15)22(23,24)25)18-12-19-8-9-20(13-18)26(19)14-16-5-3-2-4-6-16/h2-7,10-12,19-20H,8-9,13-14H2,1H3. The molecule has 4 rings (SSSR count). The number of rotatable bonds is 3. The minimum absolute atomic E-state index is 0.301. The minimum atomic E-state index is -4.28. The Labute approximate surface area is 152 Å². The number of halogens is 3. The molecular formula is C22H22F3N. The first-order valence-corrected chi connectivity index (χ1v) is 9.10. The van der Waals surface area contributed by atoms with Crippen LogP contribution in [0.3, 0.4) is 0 Å². The van der Waals surface area contributed by atoms with Gasteiger partial charge in [-0.05, 0) is 54.5 Å². The molecule has 0 N–H and O–H groups in total. The quantitative estimate of drug-likeness (QED) is 0.668. The molecule has 2 aromatic carbocycles. The van der Waals surface area contributed by atoms with Crippen LogP contribution in [0.1, 0.15) is 41.5 Å². The third kappa shape index (κ3) is 3.30. The van der Waals surface area contributed by atoms with Gasteiger partial charge in [-0.15, -0.1) is 0 Å². The Kier molecular flexibility index (Phi) is 4.39. The SMILES string of the molecule is Cc1cc(C2=CC3CCC(C2)N3Cc2ccccc2)ccc1C(F)(F)F. The van der Waals surface area contributed by atoms with E-state index in [1.807, 2.05) is 6.07 Å². The molecule has 0 aromatic heterocycles.